The molecule has 0 fully saturated rings. The zero-order chi connectivity index (χ0) is 13.1. The fourth-order valence-corrected chi connectivity index (χ4v) is 3.12. The van der Waals surface area contributed by atoms with E-state index in [0.717, 1.165) is 12.8 Å². The van der Waals surface area contributed by atoms with Gasteiger partial charge in [0.25, 0.3) is 0 Å². The minimum atomic E-state index is 0.116. The van der Waals surface area contributed by atoms with Crippen molar-refractivity contribution in [3.8, 4) is 0 Å². The summed E-state index contributed by atoms with van der Waals surface area (Å²) in [5.74, 6) is 0.409. The monoisotopic (exact) mass is 265 g/mol. The average molecular weight is 265 g/mol. The second-order valence-corrected chi connectivity index (χ2v) is 5.10. The Morgan fingerprint density at radius 3 is 2.53 bits per heavy atom. The van der Waals surface area contributed by atoms with E-state index in [2.05, 4.69) is 64.8 Å². The molecule has 3 rings (SSSR count). The number of aryl methyl sites for hydroxylation is 1. The van der Waals surface area contributed by atoms with Crippen LogP contribution in [-0.4, -0.2) is 5.16 Å². The van der Waals surface area contributed by atoms with E-state index < -0.39 is 0 Å². The highest BCUT2D eigenvalue weighted by atomic mass is 32.1. The van der Waals surface area contributed by atoms with Crippen molar-refractivity contribution in [2.45, 2.75) is 24.8 Å². The minimum Gasteiger partial charge on any atom is -0.224 e. The Balaban J connectivity index is 2.06. The zero-order valence-corrected chi connectivity index (χ0v) is 11.4. The number of rotatable bonds is 2. The van der Waals surface area contributed by atoms with Gasteiger partial charge in [0, 0.05) is 5.92 Å². The van der Waals surface area contributed by atoms with Crippen LogP contribution in [0, 0.1) is 0 Å². The Morgan fingerprint density at radius 1 is 1.00 bits per heavy atom. The number of nitrogens with zero attached hydrogens (tertiary/aromatic N) is 1. The van der Waals surface area contributed by atoms with Crippen LogP contribution in [0.15, 0.2) is 59.6 Å². The maximum absolute atomic E-state index is 4.85. The molecule has 0 aliphatic heterocycles. The van der Waals surface area contributed by atoms with Crippen LogP contribution < -0.4 is 0 Å². The van der Waals surface area contributed by atoms with Gasteiger partial charge in [0.1, 0.15) is 0 Å². The van der Waals surface area contributed by atoms with E-state index >= 15 is 0 Å². The third-order valence-electron chi connectivity index (χ3n) is 3.90. The number of thiocarbonyl (C=S) groups is 1. The van der Waals surface area contributed by atoms with Gasteiger partial charge in [-0.2, -0.15) is 0 Å². The van der Waals surface area contributed by atoms with Crippen LogP contribution in [0.1, 0.15) is 35.1 Å². The summed E-state index contributed by atoms with van der Waals surface area (Å²) in [6.45, 7) is 0. The van der Waals surface area contributed by atoms with Crippen molar-refractivity contribution in [2.24, 2.45) is 4.99 Å². The van der Waals surface area contributed by atoms with Crippen molar-refractivity contribution in [2.75, 3.05) is 0 Å². The predicted molar refractivity (Wildman–Crippen MR) is 81.7 cm³/mol. The van der Waals surface area contributed by atoms with Gasteiger partial charge < -0.3 is 0 Å². The lowest BCUT2D eigenvalue weighted by Gasteiger charge is -2.30. The molecule has 0 amide bonds. The molecular formula is C17H15NS. The van der Waals surface area contributed by atoms with Crippen LogP contribution in [0.2, 0.25) is 0 Å². The van der Waals surface area contributed by atoms with E-state index in [-0.39, 0.29) is 6.04 Å². The van der Waals surface area contributed by atoms with Crippen LogP contribution >= 0.6 is 12.2 Å². The first-order chi connectivity index (χ1) is 9.40. The van der Waals surface area contributed by atoms with Crippen LogP contribution in [0.5, 0.6) is 0 Å². The third-order valence-corrected chi connectivity index (χ3v) is 4.00. The number of hydrogen-bond donors (Lipinski definition) is 0. The topological polar surface area (TPSA) is 12.4 Å². The summed E-state index contributed by atoms with van der Waals surface area (Å²) >= 11 is 4.85. The summed E-state index contributed by atoms with van der Waals surface area (Å²) in [6.07, 6.45) is 2.23. The van der Waals surface area contributed by atoms with Gasteiger partial charge in [-0.05, 0) is 41.7 Å². The molecule has 19 heavy (non-hydrogen) atoms. The molecule has 0 heterocycles. The van der Waals surface area contributed by atoms with E-state index in [4.69, 9.17) is 12.2 Å². The second-order valence-electron chi connectivity index (χ2n) is 4.92. The number of benzene rings is 2. The molecule has 2 aromatic rings. The lowest BCUT2D eigenvalue weighted by Crippen LogP contribution is -2.17. The fourth-order valence-electron chi connectivity index (χ4n) is 3.00. The molecule has 1 aliphatic rings. The summed E-state index contributed by atoms with van der Waals surface area (Å²) in [7, 11) is 0. The molecule has 0 radical (unpaired) electrons. The van der Waals surface area contributed by atoms with Gasteiger partial charge in [-0.15, -0.1) is 0 Å². The van der Waals surface area contributed by atoms with Gasteiger partial charge in [-0.25, -0.2) is 4.99 Å². The standard InChI is InChI=1S/C17H15NS/c19-12-18-17-15-9-5-4-8-14(15)10-11-16(17)13-6-2-1-3-7-13/h1-9,16-17H,10-11H2/t16-,17-/m0/s1. The first-order valence-corrected chi connectivity index (χ1v) is 7.00. The quantitative estimate of drug-likeness (QED) is 0.572. The molecule has 2 aromatic carbocycles. The van der Waals surface area contributed by atoms with E-state index in [9.17, 15) is 0 Å². The first-order valence-electron chi connectivity index (χ1n) is 6.60. The third kappa shape index (κ3) is 2.37. The van der Waals surface area contributed by atoms with Crippen molar-refractivity contribution in [3.63, 3.8) is 0 Å². The molecule has 1 aliphatic carbocycles. The molecular weight excluding hydrogens is 250 g/mol. The largest absolute Gasteiger partial charge is 0.224 e. The molecule has 0 saturated carbocycles. The lowest BCUT2D eigenvalue weighted by molar-refractivity contribution is 0.490. The van der Waals surface area contributed by atoms with Gasteiger partial charge in [0.2, 0.25) is 0 Å². The number of aliphatic imine (C=N–C) groups is 1. The van der Waals surface area contributed by atoms with Crippen molar-refractivity contribution in [1.29, 1.82) is 0 Å². The van der Waals surface area contributed by atoms with E-state index in [0.29, 0.717) is 5.92 Å². The Bertz CT molecular complexity index is 614. The van der Waals surface area contributed by atoms with Crippen LogP contribution in [0.25, 0.3) is 0 Å². The molecule has 0 spiro atoms. The highest BCUT2D eigenvalue weighted by molar-refractivity contribution is 7.78. The van der Waals surface area contributed by atoms with Crippen LogP contribution in [0.4, 0.5) is 0 Å². The van der Waals surface area contributed by atoms with Gasteiger partial charge in [-0.1, -0.05) is 54.6 Å². The van der Waals surface area contributed by atoms with Gasteiger partial charge in [-0.3, -0.25) is 0 Å². The van der Waals surface area contributed by atoms with E-state index in [1.807, 2.05) is 0 Å². The van der Waals surface area contributed by atoms with E-state index in [1.165, 1.54) is 16.7 Å². The van der Waals surface area contributed by atoms with Crippen molar-refractivity contribution in [1.82, 2.24) is 0 Å². The minimum absolute atomic E-state index is 0.116. The van der Waals surface area contributed by atoms with Gasteiger partial charge >= 0.3 is 0 Å². The highest BCUT2D eigenvalue weighted by Gasteiger charge is 2.29. The Morgan fingerprint density at radius 2 is 1.74 bits per heavy atom. The number of fused-ring (bicyclic) bond motifs is 1. The Kier molecular flexibility index (Phi) is 3.54. The molecule has 94 valence electrons. The molecule has 2 atom stereocenters. The molecule has 2 heteroatoms. The Labute approximate surface area is 119 Å². The summed E-state index contributed by atoms with van der Waals surface area (Å²) in [4.78, 5) is 4.45. The molecule has 0 unspecified atom stereocenters. The summed E-state index contributed by atoms with van der Waals surface area (Å²) in [5.41, 5.74) is 4.05. The molecule has 1 nitrogen and oxygen atoms in total. The smallest absolute Gasteiger partial charge is 0.0923 e. The maximum atomic E-state index is 4.85. The van der Waals surface area contributed by atoms with Crippen molar-refractivity contribution < 1.29 is 0 Å². The molecule has 0 N–H and O–H groups in total. The van der Waals surface area contributed by atoms with Gasteiger partial charge in [0.15, 0.2) is 0 Å². The summed E-state index contributed by atoms with van der Waals surface area (Å²) < 4.78 is 0. The average Bonchev–Trinajstić information content (AvgIpc) is 2.49. The predicted octanol–water partition coefficient (Wildman–Crippen LogP) is 4.56. The maximum Gasteiger partial charge on any atom is 0.0923 e. The first kappa shape index (κ1) is 12.3. The van der Waals surface area contributed by atoms with Crippen LogP contribution in [0.3, 0.4) is 0 Å². The SMILES string of the molecule is S=C=N[C@H]1c2ccccc2CC[C@H]1c1ccccc1. The Hall–Kier alpha value is -1.76. The number of hydrogen-bond acceptors (Lipinski definition) is 2. The van der Waals surface area contributed by atoms with Crippen LogP contribution in [-0.2, 0) is 6.42 Å². The normalized spacial score (nSPS) is 21.3. The second kappa shape index (κ2) is 5.48. The lowest BCUT2D eigenvalue weighted by atomic mass is 9.76. The number of isothiocyanates is 1. The molecule has 0 saturated heterocycles. The van der Waals surface area contributed by atoms with Gasteiger partial charge in [0.05, 0.1) is 11.2 Å². The summed E-state index contributed by atoms with van der Waals surface area (Å²) in [6, 6.07) is 19.3. The zero-order valence-electron chi connectivity index (χ0n) is 10.6. The van der Waals surface area contributed by atoms with E-state index in [1.54, 1.807) is 0 Å². The molecule has 0 aromatic heterocycles. The fraction of sp³-hybridized carbons (Fsp3) is 0.235. The van der Waals surface area contributed by atoms with Crippen molar-refractivity contribution in [3.05, 3.63) is 71.3 Å². The summed E-state index contributed by atoms with van der Waals surface area (Å²) in [5, 5.41) is 2.59. The molecule has 0 bridgehead atoms. The highest BCUT2D eigenvalue weighted by Crippen LogP contribution is 2.42. The van der Waals surface area contributed by atoms with Crippen molar-refractivity contribution >= 4 is 17.4 Å².